The summed E-state index contributed by atoms with van der Waals surface area (Å²) in [5.41, 5.74) is -0.213. The normalized spacial score (nSPS) is 21.5. The molecular weight excluding hydrogens is 412 g/mol. The van der Waals surface area contributed by atoms with Gasteiger partial charge in [-0.3, -0.25) is 0 Å². The van der Waals surface area contributed by atoms with Gasteiger partial charge in [-0.1, -0.05) is 11.6 Å². The molecule has 1 saturated heterocycles. The first kappa shape index (κ1) is 21.0. The van der Waals surface area contributed by atoms with Crippen molar-refractivity contribution in [3.8, 4) is 5.75 Å². The molecule has 1 saturated carbocycles. The monoisotopic (exact) mass is 435 g/mol. The average Bonchev–Trinajstić information content (AvgIpc) is 3.51. The van der Waals surface area contributed by atoms with E-state index in [1.165, 1.54) is 6.42 Å². The minimum atomic E-state index is -0.738. The Morgan fingerprint density at radius 2 is 1.83 bits per heavy atom. The van der Waals surface area contributed by atoms with E-state index in [4.69, 9.17) is 16.3 Å². The van der Waals surface area contributed by atoms with Crippen molar-refractivity contribution < 1.29 is 18.3 Å². The fourth-order valence-corrected chi connectivity index (χ4v) is 4.54. The van der Waals surface area contributed by atoms with Gasteiger partial charge < -0.3 is 14.4 Å². The van der Waals surface area contributed by atoms with Gasteiger partial charge in [0, 0.05) is 37.2 Å². The Morgan fingerprint density at radius 1 is 1.17 bits per heavy atom. The highest BCUT2D eigenvalue weighted by Crippen LogP contribution is 2.49. The second kappa shape index (κ2) is 9.25. The van der Waals surface area contributed by atoms with E-state index in [0.717, 1.165) is 50.4 Å². The highest BCUT2D eigenvalue weighted by Gasteiger charge is 2.43. The minimum absolute atomic E-state index is 0.174. The Kier molecular flexibility index (Phi) is 6.46. The van der Waals surface area contributed by atoms with Crippen LogP contribution in [0.5, 0.6) is 5.75 Å². The van der Waals surface area contributed by atoms with Gasteiger partial charge in [-0.2, -0.15) is 0 Å². The fourth-order valence-electron chi connectivity index (χ4n) is 4.45. The van der Waals surface area contributed by atoms with Crippen LogP contribution in [-0.2, 0) is 11.2 Å². The second-order valence-electron chi connectivity index (χ2n) is 8.06. The van der Waals surface area contributed by atoms with Crippen LogP contribution in [0.2, 0.25) is 5.02 Å². The lowest BCUT2D eigenvalue weighted by Crippen LogP contribution is -2.35. The smallest absolute Gasteiger partial charge is 0.225 e. The molecule has 2 aliphatic rings. The van der Waals surface area contributed by atoms with Gasteiger partial charge >= 0.3 is 0 Å². The third-order valence-electron chi connectivity index (χ3n) is 6.17. The van der Waals surface area contributed by atoms with E-state index in [-0.39, 0.29) is 17.7 Å². The van der Waals surface area contributed by atoms with E-state index in [1.807, 2.05) is 0 Å². The van der Waals surface area contributed by atoms with Gasteiger partial charge in [-0.05, 0) is 43.4 Å². The lowest BCUT2D eigenvalue weighted by atomic mass is 9.90. The minimum Gasteiger partial charge on any atom is -0.493 e. The van der Waals surface area contributed by atoms with Crippen LogP contribution in [0.1, 0.15) is 31.2 Å². The first-order valence-corrected chi connectivity index (χ1v) is 10.7. The van der Waals surface area contributed by atoms with Gasteiger partial charge in [-0.25, -0.2) is 18.7 Å². The summed E-state index contributed by atoms with van der Waals surface area (Å²) in [6.07, 6.45) is 7.76. The van der Waals surface area contributed by atoms with Crippen LogP contribution >= 0.6 is 11.6 Å². The molecular formula is C22H24ClF2N3O2. The molecule has 0 radical (unpaired) electrons. The summed E-state index contributed by atoms with van der Waals surface area (Å²) in [7, 11) is 0. The van der Waals surface area contributed by atoms with Crippen LogP contribution in [0.25, 0.3) is 0 Å². The number of hydrogen-bond donors (Lipinski definition) is 0. The number of carbonyl (C=O) groups is 1. The first-order chi connectivity index (χ1) is 14.5. The molecule has 1 aliphatic heterocycles. The predicted molar refractivity (Wildman–Crippen MR) is 110 cm³/mol. The van der Waals surface area contributed by atoms with Crippen molar-refractivity contribution in [1.82, 2.24) is 9.97 Å². The molecule has 5 nitrogen and oxygen atoms in total. The number of piperidine rings is 1. The molecule has 1 aromatic heterocycles. The summed E-state index contributed by atoms with van der Waals surface area (Å²) in [4.78, 5) is 21.3. The largest absolute Gasteiger partial charge is 0.493 e. The van der Waals surface area contributed by atoms with Crippen molar-refractivity contribution in [2.75, 3.05) is 24.6 Å². The SMILES string of the molecule is O=CCc1c(F)cc(OCC[C@@H]2C[C@@H]2C2CCN(c3ncc(Cl)cn3)CC2)cc1F. The summed E-state index contributed by atoms with van der Waals surface area (Å²) >= 11 is 5.85. The Labute approximate surface area is 179 Å². The molecule has 0 amide bonds. The van der Waals surface area contributed by atoms with E-state index < -0.39 is 11.6 Å². The number of ether oxygens (including phenoxy) is 1. The van der Waals surface area contributed by atoms with Gasteiger partial charge in [0.2, 0.25) is 5.95 Å². The van der Waals surface area contributed by atoms with Crippen LogP contribution in [0, 0.1) is 29.4 Å². The summed E-state index contributed by atoms with van der Waals surface area (Å²) in [5, 5.41) is 0.541. The number of benzene rings is 1. The summed E-state index contributed by atoms with van der Waals surface area (Å²) < 4.78 is 33.3. The van der Waals surface area contributed by atoms with Crippen molar-refractivity contribution >= 4 is 23.8 Å². The molecule has 0 N–H and O–H groups in total. The molecule has 0 bridgehead atoms. The molecule has 160 valence electrons. The van der Waals surface area contributed by atoms with Gasteiger partial charge in [0.1, 0.15) is 23.7 Å². The van der Waals surface area contributed by atoms with Crippen molar-refractivity contribution in [2.45, 2.75) is 32.1 Å². The summed E-state index contributed by atoms with van der Waals surface area (Å²) in [5.74, 6) is 1.43. The van der Waals surface area contributed by atoms with E-state index in [1.54, 1.807) is 12.4 Å². The van der Waals surface area contributed by atoms with Crippen LogP contribution in [0.3, 0.4) is 0 Å². The Morgan fingerprint density at radius 3 is 2.47 bits per heavy atom. The molecule has 0 spiro atoms. The van der Waals surface area contributed by atoms with Crippen LogP contribution in [0.15, 0.2) is 24.5 Å². The highest BCUT2D eigenvalue weighted by molar-refractivity contribution is 6.30. The number of anilines is 1. The molecule has 2 fully saturated rings. The molecule has 1 aliphatic carbocycles. The molecule has 4 rings (SSSR count). The lowest BCUT2D eigenvalue weighted by Gasteiger charge is -2.32. The molecule has 2 heterocycles. The third kappa shape index (κ3) is 4.89. The highest BCUT2D eigenvalue weighted by atomic mass is 35.5. The zero-order valence-electron chi connectivity index (χ0n) is 16.6. The zero-order chi connectivity index (χ0) is 21.1. The number of rotatable bonds is 8. The third-order valence-corrected chi connectivity index (χ3v) is 6.37. The maximum Gasteiger partial charge on any atom is 0.225 e. The quantitative estimate of drug-likeness (QED) is 0.572. The van der Waals surface area contributed by atoms with Gasteiger partial charge in [0.25, 0.3) is 0 Å². The van der Waals surface area contributed by atoms with Crippen molar-refractivity contribution in [3.63, 3.8) is 0 Å². The lowest BCUT2D eigenvalue weighted by molar-refractivity contribution is -0.107. The Bertz CT molecular complexity index is 865. The zero-order valence-corrected chi connectivity index (χ0v) is 17.3. The number of aldehydes is 1. The average molecular weight is 436 g/mol. The molecule has 30 heavy (non-hydrogen) atoms. The first-order valence-electron chi connectivity index (χ1n) is 10.3. The maximum absolute atomic E-state index is 13.9. The fraction of sp³-hybridized carbons (Fsp3) is 0.500. The molecule has 2 aromatic rings. The van der Waals surface area contributed by atoms with E-state index in [0.29, 0.717) is 35.7 Å². The second-order valence-corrected chi connectivity index (χ2v) is 8.50. The van der Waals surface area contributed by atoms with Crippen LogP contribution < -0.4 is 9.64 Å². The molecule has 2 atom stereocenters. The number of hydrogen-bond acceptors (Lipinski definition) is 5. The standard InChI is InChI=1S/C22H24ClF2N3O2/c23-16-12-26-22(27-13-16)28-5-1-14(2-6-28)19-9-15(19)4-8-30-17-10-20(24)18(3-7-29)21(25)11-17/h7,10-15,19H,1-6,8-9H2/t15-,19-/m1/s1. The topological polar surface area (TPSA) is 55.3 Å². The van der Waals surface area contributed by atoms with E-state index in [9.17, 15) is 13.6 Å². The Hall–Kier alpha value is -2.28. The molecule has 0 unspecified atom stereocenters. The van der Waals surface area contributed by atoms with Gasteiger partial charge in [0.15, 0.2) is 0 Å². The van der Waals surface area contributed by atoms with Gasteiger partial charge in [-0.15, -0.1) is 0 Å². The number of nitrogens with zero attached hydrogens (tertiary/aromatic N) is 3. The van der Waals surface area contributed by atoms with Crippen molar-refractivity contribution in [2.24, 2.45) is 17.8 Å². The van der Waals surface area contributed by atoms with Crippen LogP contribution in [0.4, 0.5) is 14.7 Å². The van der Waals surface area contributed by atoms with Gasteiger partial charge in [0.05, 0.1) is 24.0 Å². The van der Waals surface area contributed by atoms with E-state index >= 15 is 0 Å². The predicted octanol–water partition coefficient (Wildman–Crippen LogP) is 4.47. The number of halogens is 3. The number of aromatic nitrogens is 2. The molecule has 8 heteroatoms. The van der Waals surface area contributed by atoms with Crippen molar-refractivity contribution in [3.05, 3.63) is 46.7 Å². The molecule has 1 aromatic carbocycles. The number of carbonyl (C=O) groups excluding carboxylic acids is 1. The van der Waals surface area contributed by atoms with Crippen LogP contribution in [-0.4, -0.2) is 36.0 Å². The van der Waals surface area contributed by atoms with Crippen molar-refractivity contribution in [1.29, 1.82) is 0 Å². The Balaban J connectivity index is 1.20. The summed E-state index contributed by atoms with van der Waals surface area (Å²) in [6, 6.07) is 2.31. The summed E-state index contributed by atoms with van der Waals surface area (Å²) in [6.45, 7) is 2.32. The maximum atomic E-state index is 13.9. The van der Waals surface area contributed by atoms with E-state index in [2.05, 4.69) is 14.9 Å².